The van der Waals surface area contributed by atoms with Crippen LogP contribution in [0.2, 0.25) is 0 Å². The topological polar surface area (TPSA) is 66.9 Å². The summed E-state index contributed by atoms with van der Waals surface area (Å²) in [6, 6.07) is 9.33. The highest BCUT2D eigenvalue weighted by molar-refractivity contribution is 7.99. The standard InChI is InChI=1S/C15H18N4OS/c1-2-21-14-7-6-12(11-19-14)15(20)18-10-9-17-13-5-3-4-8-16-13/h3-8,11H,2,9-10H2,1H3,(H,16,17)(H,18,20). The van der Waals surface area contributed by atoms with Gasteiger partial charge in [-0.15, -0.1) is 11.8 Å². The summed E-state index contributed by atoms with van der Waals surface area (Å²) in [4.78, 5) is 20.3. The van der Waals surface area contributed by atoms with E-state index in [-0.39, 0.29) is 5.91 Å². The number of carbonyl (C=O) groups excluding carboxylic acids is 1. The molecule has 0 radical (unpaired) electrons. The Bertz CT molecular complexity index is 560. The van der Waals surface area contributed by atoms with E-state index in [1.165, 1.54) is 0 Å². The molecule has 6 heteroatoms. The van der Waals surface area contributed by atoms with Gasteiger partial charge in [-0.05, 0) is 30.0 Å². The molecule has 2 heterocycles. The Labute approximate surface area is 128 Å². The minimum Gasteiger partial charge on any atom is -0.368 e. The van der Waals surface area contributed by atoms with E-state index >= 15 is 0 Å². The van der Waals surface area contributed by atoms with Gasteiger partial charge >= 0.3 is 0 Å². The van der Waals surface area contributed by atoms with Crippen LogP contribution in [0.4, 0.5) is 5.82 Å². The van der Waals surface area contributed by atoms with Crippen molar-refractivity contribution in [2.45, 2.75) is 11.9 Å². The van der Waals surface area contributed by atoms with Gasteiger partial charge in [0, 0.05) is 25.5 Å². The maximum absolute atomic E-state index is 11.9. The van der Waals surface area contributed by atoms with Crippen molar-refractivity contribution >= 4 is 23.5 Å². The Kier molecular flexibility index (Phi) is 6.02. The first kappa shape index (κ1) is 15.3. The monoisotopic (exact) mass is 302 g/mol. The zero-order valence-corrected chi connectivity index (χ0v) is 12.7. The molecule has 1 amide bonds. The number of thioether (sulfide) groups is 1. The molecule has 0 saturated heterocycles. The lowest BCUT2D eigenvalue weighted by atomic mass is 10.3. The van der Waals surface area contributed by atoms with Gasteiger partial charge in [-0.25, -0.2) is 9.97 Å². The maximum atomic E-state index is 11.9. The average molecular weight is 302 g/mol. The molecule has 0 bridgehead atoms. The Morgan fingerprint density at radius 3 is 2.76 bits per heavy atom. The highest BCUT2D eigenvalue weighted by Gasteiger charge is 2.05. The van der Waals surface area contributed by atoms with Crippen LogP contribution in [0.25, 0.3) is 0 Å². The summed E-state index contributed by atoms with van der Waals surface area (Å²) in [5.74, 6) is 1.66. The summed E-state index contributed by atoms with van der Waals surface area (Å²) in [6.07, 6.45) is 3.34. The molecule has 0 atom stereocenters. The lowest BCUT2D eigenvalue weighted by Crippen LogP contribution is -2.28. The van der Waals surface area contributed by atoms with Crippen LogP contribution in [0.5, 0.6) is 0 Å². The molecule has 2 N–H and O–H groups in total. The number of nitrogens with one attached hydrogen (secondary N) is 2. The van der Waals surface area contributed by atoms with Crippen LogP contribution in [-0.2, 0) is 0 Å². The minimum atomic E-state index is -0.113. The van der Waals surface area contributed by atoms with Crippen LogP contribution in [0.3, 0.4) is 0 Å². The average Bonchev–Trinajstić information content (AvgIpc) is 2.53. The molecule has 0 aliphatic heterocycles. The highest BCUT2D eigenvalue weighted by Crippen LogP contribution is 2.14. The molecule has 0 spiro atoms. The predicted molar refractivity (Wildman–Crippen MR) is 85.7 cm³/mol. The molecule has 110 valence electrons. The van der Waals surface area contributed by atoms with Gasteiger partial charge in [-0.2, -0.15) is 0 Å². The SMILES string of the molecule is CCSc1ccc(C(=O)NCCNc2ccccn2)cn1. The number of anilines is 1. The van der Waals surface area contributed by atoms with E-state index in [1.807, 2.05) is 24.3 Å². The van der Waals surface area contributed by atoms with Gasteiger partial charge in [0.15, 0.2) is 0 Å². The summed E-state index contributed by atoms with van der Waals surface area (Å²) < 4.78 is 0. The van der Waals surface area contributed by atoms with Crippen LogP contribution in [-0.4, -0.2) is 34.7 Å². The van der Waals surface area contributed by atoms with E-state index in [4.69, 9.17) is 0 Å². The molecular formula is C15H18N4OS. The molecule has 0 aliphatic carbocycles. The molecular weight excluding hydrogens is 284 g/mol. The molecule has 0 saturated carbocycles. The van der Waals surface area contributed by atoms with Crippen molar-refractivity contribution in [2.24, 2.45) is 0 Å². The van der Waals surface area contributed by atoms with Crippen LogP contribution < -0.4 is 10.6 Å². The summed E-state index contributed by atoms with van der Waals surface area (Å²) in [5, 5.41) is 6.91. The van der Waals surface area contributed by atoms with Crippen molar-refractivity contribution in [2.75, 3.05) is 24.2 Å². The van der Waals surface area contributed by atoms with E-state index < -0.39 is 0 Å². The van der Waals surface area contributed by atoms with Crippen molar-refractivity contribution in [1.82, 2.24) is 15.3 Å². The van der Waals surface area contributed by atoms with Gasteiger partial charge < -0.3 is 10.6 Å². The van der Waals surface area contributed by atoms with Gasteiger partial charge in [-0.1, -0.05) is 13.0 Å². The van der Waals surface area contributed by atoms with E-state index in [9.17, 15) is 4.79 Å². The number of carbonyl (C=O) groups is 1. The summed E-state index contributed by atoms with van der Waals surface area (Å²) in [5.41, 5.74) is 0.577. The highest BCUT2D eigenvalue weighted by atomic mass is 32.2. The number of nitrogens with zero attached hydrogens (tertiary/aromatic N) is 2. The van der Waals surface area contributed by atoms with Gasteiger partial charge in [0.2, 0.25) is 0 Å². The maximum Gasteiger partial charge on any atom is 0.252 e. The molecule has 2 rings (SSSR count). The fourth-order valence-electron chi connectivity index (χ4n) is 1.68. The largest absolute Gasteiger partial charge is 0.368 e. The van der Waals surface area contributed by atoms with Crippen molar-refractivity contribution in [3.8, 4) is 0 Å². The fraction of sp³-hybridized carbons (Fsp3) is 0.267. The van der Waals surface area contributed by atoms with Crippen LogP contribution in [0.1, 0.15) is 17.3 Å². The third-order valence-corrected chi connectivity index (χ3v) is 3.50. The number of hydrogen-bond donors (Lipinski definition) is 2. The van der Waals surface area contributed by atoms with E-state index in [1.54, 1.807) is 30.2 Å². The number of pyridine rings is 2. The fourth-order valence-corrected chi connectivity index (χ4v) is 2.27. The van der Waals surface area contributed by atoms with Gasteiger partial charge in [-0.3, -0.25) is 4.79 Å². The number of rotatable bonds is 7. The van der Waals surface area contributed by atoms with Crippen LogP contribution >= 0.6 is 11.8 Å². The molecule has 5 nitrogen and oxygen atoms in total. The summed E-state index contributed by atoms with van der Waals surface area (Å²) in [6.45, 7) is 3.22. The first-order valence-corrected chi connectivity index (χ1v) is 7.80. The summed E-state index contributed by atoms with van der Waals surface area (Å²) >= 11 is 1.66. The second-order valence-corrected chi connectivity index (χ2v) is 5.50. The lowest BCUT2D eigenvalue weighted by Gasteiger charge is -2.07. The number of hydrogen-bond acceptors (Lipinski definition) is 5. The Morgan fingerprint density at radius 1 is 1.19 bits per heavy atom. The van der Waals surface area contributed by atoms with E-state index in [2.05, 4.69) is 27.5 Å². The Balaban J connectivity index is 1.74. The van der Waals surface area contributed by atoms with Crippen molar-refractivity contribution < 1.29 is 4.79 Å². The second kappa shape index (κ2) is 8.26. The number of aromatic nitrogens is 2. The summed E-state index contributed by atoms with van der Waals surface area (Å²) in [7, 11) is 0. The van der Waals surface area contributed by atoms with Crippen molar-refractivity contribution in [1.29, 1.82) is 0 Å². The normalized spacial score (nSPS) is 10.1. The van der Waals surface area contributed by atoms with E-state index in [0.717, 1.165) is 16.6 Å². The Hall–Kier alpha value is -2.08. The Morgan fingerprint density at radius 2 is 2.10 bits per heavy atom. The predicted octanol–water partition coefficient (Wildman–Crippen LogP) is 2.43. The van der Waals surface area contributed by atoms with Crippen LogP contribution in [0.15, 0.2) is 47.8 Å². The second-order valence-electron chi connectivity index (χ2n) is 4.22. The third-order valence-electron chi connectivity index (χ3n) is 2.67. The van der Waals surface area contributed by atoms with Gasteiger partial charge in [0.05, 0.1) is 10.6 Å². The van der Waals surface area contributed by atoms with Crippen molar-refractivity contribution in [3.05, 3.63) is 48.3 Å². The zero-order chi connectivity index (χ0) is 14.9. The number of amides is 1. The molecule has 0 unspecified atom stereocenters. The molecule has 0 aliphatic rings. The van der Waals surface area contributed by atoms with Crippen molar-refractivity contribution in [3.63, 3.8) is 0 Å². The molecule has 21 heavy (non-hydrogen) atoms. The van der Waals surface area contributed by atoms with Crippen LogP contribution in [0, 0.1) is 0 Å². The van der Waals surface area contributed by atoms with Gasteiger partial charge in [0.1, 0.15) is 5.82 Å². The first-order valence-electron chi connectivity index (χ1n) is 6.81. The minimum absolute atomic E-state index is 0.113. The molecule has 0 fully saturated rings. The van der Waals surface area contributed by atoms with E-state index in [0.29, 0.717) is 18.7 Å². The first-order chi connectivity index (χ1) is 10.3. The quantitative estimate of drug-likeness (QED) is 0.607. The lowest BCUT2D eigenvalue weighted by molar-refractivity contribution is 0.0954. The smallest absolute Gasteiger partial charge is 0.252 e. The zero-order valence-electron chi connectivity index (χ0n) is 11.9. The van der Waals surface area contributed by atoms with Gasteiger partial charge in [0.25, 0.3) is 5.91 Å². The third kappa shape index (κ3) is 5.07. The molecule has 2 aromatic rings. The molecule has 0 aromatic carbocycles. The molecule has 2 aromatic heterocycles.